The van der Waals surface area contributed by atoms with Gasteiger partial charge >= 0.3 is 0 Å². The van der Waals surface area contributed by atoms with E-state index < -0.39 is 0 Å². The first-order chi connectivity index (χ1) is 13.2. The van der Waals surface area contributed by atoms with Crippen LogP contribution in [0.15, 0.2) is 40.8 Å². The van der Waals surface area contributed by atoms with Crippen molar-refractivity contribution < 1.29 is 4.74 Å². The van der Waals surface area contributed by atoms with E-state index in [1.165, 1.54) is 10.4 Å². The molecule has 0 radical (unpaired) electrons. The molecule has 3 aromatic heterocycles. The Morgan fingerprint density at radius 1 is 1.30 bits per heavy atom. The molecule has 27 heavy (non-hydrogen) atoms. The minimum absolute atomic E-state index is 0.0512. The summed E-state index contributed by atoms with van der Waals surface area (Å²) in [4.78, 5) is 24.4. The average Bonchev–Trinajstić information content (AvgIpc) is 3.40. The SMILES string of the molecule is COc1cccc(-c2nc(Cn3cnc4sc5c(c4c3=O)CCC5)cs2)c1. The Balaban J connectivity index is 1.48. The van der Waals surface area contributed by atoms with Crippen LogP contribution in [0.4, 0.5) is 0 Å². The molecule has 0 aliphatic heterocycles. The van der Waals surface area contributed by atoms with Crippen LogP contribution in [0.2, 0.25) is 0 Å². The lowest BCUT2D eigenvalue weighted by Gasteiger charge is -2.04. The molecule has 0 saturated carbocycles. The molecular weight excluding hydrogens is 378 g/mol. The fourth-order valence-electron chi connectivity index (χ4n) is 3.57. The van der Waals surface area contributed by atoms with Gasteiger partial charge < -0.3 is 4.74 Å². The standard InChI is InChI=1S/C20H17N3O2S2/c1-25-14-5-2-4-12(8-14)18-22-13(10-26-18)9-23-11-21-19-17(20(23)24)15-6-3-7-16(15)27-19/h2,4-5,8,10-11H,3,6-7,9H2,1H3. The zero-order valence-corrected chi connectivity index (χ0v) is 16.4. The number of thiazole rings is 1. The number of aromatic nitrogens is 3. The summed E-state index contributed by atoms with van der Waals surface area (Å²) in [5.41, 5.74) is 3.16. The van der Waals surface area contributed by atoms with Crippen molar-refractivity contribution in [1.29, 1.82) is 0 Å². The van der Waals surface area contributed by atoms with Crippen LogP contribution in [0.25, 0.3) is 20.8 Å². The van der Waals surface area contributed by atoms with E-state index in [-0.39, 0.29) is 5.56 Å². The van der Waals surface area contributed by atoms with Crippen LogP contribution in [0.5, 0.6) is 5.75 Å². The molecule has 0 N–H and O–H groups in total. The van der Waals surface area contributed by atoms with Crippen molar-refractivity contribution in [3.05, 3.63) is 62.5 Å². The van der Waals surface area contributed by atoms with Crippen molar-refractivity contribution in [3.8, 4) is 16.3 Å². The quantitative estimate of drug-likeness (QED) is 0.521. The summed E-state index contributed by atoms with van der Waals surface area (Å²) in [5.74, 6) is 0.807. The molecule has 4 aromatic rings. The smallest absolute Gasteiger partial charge is 0.262 e. The molecule has 1 aliphatic carbocycles. The average molecular weight is 396 g/mol. The van der Waals surface area contributed by atoms with E-state index in [9.17, 15) is 4.79 Å². The number of rotatable bonds is 4. The third kappa shape index (κ3) is 2.87. The minimum Gasteiger partial charge on any atom is -0.497 e. The van der Waals surface area contributed by atoms with Gasteiger partial charge in [0.15, 0.2) is 0 Å². The van der Waals surface area contributed by atoms with Crippen LogP contribution < -0.4 is 10.3 Å². The van der Waals surface area contributed by atoms with Gasteiger partial charge in [0.05, 0.1) is 31.1 Å². The zero-order chi connectivity index (χ0) is 18.4. The highest BCUT2D eigenvalue weighted by atomic mass is 32.1. The molecule has 7 heteroatoms. The normalized spacial score (nSPS) is 13.2. The predicted octanol–water partition coefficient (Wildman–Crippen LogP) is 4.13. The largest absolute Gasteiger partial charge is 0.497 e. The lowest BCUT2D eigenvalue weighted by atomic mass is 10.2. The van der Waals surface area contributed by atoms with Crippen LogP contribution in [0.1, 0.15) is 22.6 Å². The molecule has 0 fully saturated rings. The third-order valence-electron chi connectivity index (χ3n) is 4.89. The number of thiophene rings is 1. The van der Waals surface area contributed by atoms with Crippen molar-refractivity contribution >= 4 is 32.9 Å². The maximum atomic E-state index is 13.0. The molecule has 0 spiro atoms. The number of aryl methyl sites for hydroxylation is 2. The molecule has 0 unspecified atom stereocenters. The molecule has 5 rings (SSSR count). The van der Waals surface area contributed by atoms with E-state index in [2.05, 4.69) is 4.98 Å². The number of methoxy groups -OCH3 is 1. The summed E-state index contributed by atoms with van der Waals surface area (Å²) < 4.78 is 6.97. The first kappa shape index (κ1) is 16.6. The minimum atomic E-state index is 0.0512. The van der Waals surface area contributed by atoms with Gasteiger partial charge in [-0.1, -0.05) is 12.1 Å². The maximum Gasteiger partial charge on any atom is 0.262 e. The van der Waals surface area contributed by atoms with Crippen molar-refractivity contribution in [2.75, 3.05) is 7.11 Å². The molecule has 1 aliphatic rings. The summed E-state index contributed by atoms with van der Waals surface area (Å²) in [6, 6.07) is 7.85. The molecular formula is C20H17N3O2S2. The highest BCUT2D eigenvalue weighted by Gasteiger charge is 2.21. The topological polar surface area (TPSA) is 57.0 Å². The number of nitrogens with zero attached hydrogens (tertiary/aromatic N) is 3. The van der Waals surface area contributed by atoms with Gasteiger partial charge in [0.1, 0.15) is 15.6 Å². The Labute approximate surface area is 163 Å². The molecule has 3 heterocycles. The van der Waals surface area contributed by atoms with E-state index in [0.717, 1.165) is 51.5 Å². The van der Waals surface area contributed by atoms with E-state index in [0.29, 0.717) is 6.54 Å². The van der Waals surface area contributed by atoms with E-state index in [1.54, 1.807) is 40.7 Å². The number of benzene rings is 1. The van der Waals surface area contributed by atoms with Gasteiger partial charge in [0.25, 0.3) is 5.56 Å². The second-order valence-electron chi connectivity index (χ2n) is 6.59. The fourth-order valence-corrected chi connectivity index (χ4v) is 5.60. The van der Waals surface area contributed by atoms with Crippen LogP contribution >= 0.6 is 22.7 Å². The Morgan fingerprint density at radius 2 is 2.22 bits per heavy atom. The lowest BCUT2D eigenvalue weighted by molar-refractivity contribution is 0.415. The number of hydrogen-bond donors (Lipinski definition) is 0. The van der Waals surface area contributed by atoms with Gasteiger partial charge in [0, 0.05) is 15.8 Å². The molecule has 0 saturated heterocycles. The first-order valence-corrected chi connectivity index (χ1v) is 10.5. The fraction of sp³-hybridized carbons (Fsp3) is 0.250. The lowest BCUT2D eigenvalue weighted by Crippen LogP contribution is -2.21. The number of hydrogen-bond acceptors (Lipinski definition) is 6. The first-order valence-electron chi connectivity index (χ1n) is 8.81. The summed E-state index contributed by atoms with van der Waals surface area (Å²) in [7, 11) is 1.66. The Morgan fingerprint density at radius 3 is 3.11 bits per heavy atom. The number of ether oxygens (including phenoxy) is 1. The highest BCUT2D eigenvalue weighted by molar-refractivity contribution is 7.18. The molecule has 0 amide bonds. The zero-order valence-electron chi connectivity index (χ0n) is 14.8. The summed E-state index contributed by atoms with van der Waals surface area (Å²) in [6.07, 6.45) is 4.86. The van der Waals surface area contributed by atoms with Crippen LogP contribution in [-0.4, -0.2) is 21.6 Å². The Bertz CT molecular complexity index is 1210. The van der Waals surface area contributed by atoms with Crippen LogP contribution in [-0.2, 0) is 19.4 Å². The summed E-state index contributed by atoms with van der Waals surface area (Å²) in [6.45, 7) is 0.437. The van der Waals surface area contributed by atoms with Crippen molar-refractivity contribution in [3.63, 3.8) is 0 Å². The number of fused-ring (bicyclic) bond motifs is 3. The Hall–Kier alpha value is -2.51. The molecule has 0 bridgehead atoms. The molecule has 1 aromatic carbocycles. The van der Waals surface area contributed by atoms with Crippen LogP contribution in [0, 0.1) is 0 Å². The van der Waals surface area contributed by atoms with Gasteiger partial charge in [0.2, 0.25) is 0 Å². The highest BCUT2D eigenvalue weighted by Crippen LogP contribution is 2.34. The van der Waals surface area contributed by atoms with E-state index in [1.807, 2.05) is 29.6 Å². The van der Waals surface area contributed by atoms with Crippen molar-refractivity contribution in [2.24, 2.45) is 0 Å². The van der Waals surface area contributed by atoms with Gasteiger partial charge in [-0.05, 0) is 37.0 Å². The molecule has 5 nitrogen and oxygen atoms in total. The Kier molecular flexibility index (Phi) is 4.06. The van der Waals surface area contributed by atoms with E-state index >= 15 is 0 Å². The van der Waals surface area contributed by atoms with Gasteiger partial charge in [-0.2, -0.15) is 0 Å². The van der Waals surface area contributed by atoms with E-state index in [4.69, 9.17) is 9.72 Å². The maximum absolute atomic E-state index is 13.0. The van der Waals surface area contributed by atoms with Crippen molar-refractivity contribution in [1.82, 2.24) is 14.5 Å². The van der Waals surface area contributed by atoms with Crippen molar-refractivity contribution in [2.45, 2.75) is 25.8 Å². The molecule has 0 atom stereocenters. The third-order valence-corrected chi connectivity index (χ3v) is 7.03. The summed E-state index contributed by atoms with van der Waals surface area (Å²) in [5, 5.41) is 3.74. The molecule has 136 valence electrons. The predicted molar refractivity (Wildman–Crippen MR) is 109 cm³/mol. The van der Waals surface area contributed by atoms with Gasteiger partial charge in [-0.3, -0.25) is 9.36 Å². The second-order valence-corrected chi connectivity index (χ2v) is 8.53. The monoisotopic (exact) mass is 395 g/mol. The second kappa shape index (κ2) is 6.58. The van der Waals surface area contributed by atoms with Crippen LogP contribution in [0.3, 0.4) is 0 Å². The summed E-state index contributed by atoms with van der Waals surface area (Å²) >= 11 is 3.24. The van der Waals surface area contributed by atoms with Gasteiger partial charge in [-0.25, -0.2) is 9.97 Å². The van der Waals surface area contributed by atoms with Gasteiger partial charge in [-0.15, -0.1) is 22.7 Å².